The lowest BCUT2D eigenvalue weighted by Crippen LogP contribution is -2.05. The van der Waals surface area contributed by atoms with Gasteiger partial charge >= 0.3 is 5.97 Å². The van der Waals surface area contributed by atoms with Gasteiger partial charge in [-0.15, -0.1) is 0 Å². The summed E-state index contributed by atoms with van der Waals surface area (Å²) in [5.41, 5.74) is 1.67. The van der Waals surface area contributed by atoms with Gasteiger partial charge in [0.05, 0.1) is 6.61 Å². The number of esters is 1. The van der Waals surface area contributed by atoms with Gasteiger partial charge in [0.1, 0.15) is 0 Å². The van der Waals surface area contributed by atoms with Crippen LogP contribution in [-0.4, -0.2) is 12.6 Å². The van der Waals surface area contributed by atoms with Gasteiger partial charge < -0.3 is 4.74 Å². The predicted octanol–water partition coefficient (Wildman–Crippen LogP) is 12.0. The van der Waals surface area contributed by atoms with Gasteiger partial charge in [-0.1, -0.05) is 148 Å². The second kappa shape index (κ2) is 30.4. The standard InChI is InChI=1S/C34H66O2/c1-4-7-10-13-14-15-16-17-18-19-20-21-27-32-36-34(35)31-26-22-25-30-33(28-23-11-8-5-2)29-24-12-9-6-3/h30H,4-29,31-32H2,1-3H3. The van der Waals surface area contributed by atoms with E-state index in [9.17, 15) is 4.79 Å². The third kappa shape index (κ3) is 27.8. The Balaban J connectivity index is 3.63. The molecule has 0 rings (SSSR count). The Morgan fingerprint density at radius 3 is 1.33 bits per heavy atom. The maximum atomic E-state index is 12.0. The molecule has 0 radical (unpaired) electrons. The molecule has 0 aromatic rings. The van der Waals surface area contributed by atoms with Crippen LogP contribution in [0.15, 0.2) is 11.6 Å². The van der Waals surface area contributed by atoms with Crippen molar-refractivity contribution >= 4 is 5.97 Å². The first-order valence-electron chi connectivity index (χ1n) is 16.6. The van der Waals surface area contributed by atoms with Crippen LogP contribution in [0, 0.1) is 0 Å². The van der Waals surface area contributed by atoms with E-state index in [-0.39, 0.29) is 5.97 Å². The summed E-state index contributed by atoms with van der Waals surface area (Å²) in [5.74, 6) is 0.0114. The van der Waals surface area contributed by atoms with Crippen LogP contribution in [0.4, 0.5) is 0 Å². The molecule has 0 aromatic carbocycles. The quantitative estimate of drug-likeness (QED) is 0.0572. The monoisotopic (exact) mass is 507 g/mol. The van der Waals surface area contributed by atoms with Gasteiger partial charge in [0, 0.05) is 6.42 Å². The largest absolute Gasteiger partial charge is 0.466 e. The highest BCUT2D eigenvalue weighted by Gasteiger charge is 2.03. The Labute approximate surface area is 227 Å². The first-order chi connectivity index (χ1) is 17.7. The number of carbonyl (C=O) groups excluding carboxylic acids is 1. The predicted molar refractivity (Wildman–Crippen MR) is 161 cm³/mol. The van der Waals surface area contributed by atoms with Crippen molar-refractivity contribution in [2.24, 2.45) is 0 Å². The van der Waals surface area contributed by atoms with E-state index in [4.69, 9.17) is 4.74 Å². The molecule has 0 atom stereocenters. The van der Waals surface area contributed by atoms with Gasteiger partial charge in [0.2, 0.25) is 0 Å². The number of rotatable bonds is 29. The molecule has 0 N–H and O–H groups in total. The van der Waals surface area contributed by atoms with Crippen LogP contribution in [0.3, 0.4) is 0 Å². The minimum atomic E-state index is 0.0114. The van der Waals surface area contributed by atoms with E-state index < -0.39 is 0 Å². The van der Waals surface area contributed by atoms with E-state index in [0.717, 1.165) is 25.7 Å². The lowest BCUT2D eigenvalue weighted by Gasteiger charge is -2.08. The normalized spacial score (nSPS) is 11.1. The average Bonchev–Trinajstić information content (AvgIpc) is 2.88. The fraction of sp³-hybridized carbons (Fsp3) is 0.912. The second-order valence-corrected chi connectivity index (χ2v) is 11.2. The Morgan fingerprint density at radius 1 is 0.472 bits per heavy atom. The highest BCUT2D eigenvalue weighted by atomic mass is 16.5. The lowest BCUT2D eigenvalue weighted by atomic mass is 9.98. The zero-order chi connectivity index (χ0) is 26.4. The van der Waals surface area contributed by atoms with Gasteiger partial charge in [-0.3, -0.25) is 4.79 Å². The van der Waals surface area contributed by atoms with Crippen LogP contribution in [-0.2, 0) is 9.53 Å². The fourth-order valence-corrected chi connectivity index (χ4v) is 4.98. The number of unbranched alkanes of at least 4 members (excludes halogenated alkanes) is 20. The summed E-state index contributed by atoms with van der Waals surface area (Å²) in [6.07, 6.45) is 37.2. The minimum absolute atomic E-state index is 0.0114. The first-order valence-corrected chi connectivity index (χ1v) is 16.6. The van der Waals surface area contributed by atoms with Crippen molar-refractivity contribution in [1.82, 2.24) is 0 Å². The van der Waals surface area contributed by atoms with Crippen LogP contribution in [0.1, 0.15) is 194 Å². The Hall–Kier alpha value is -0.790. The third-order valence-electron chi connectivity index (χ3n) is 7.48. The summed E-state index contributed by atoms with van der Waals surface area (Å²) in [6.45, 7) is 7.47. The van der Waals surface area contributed by atoms with Gasteiger partial charge in [-0.05, 0) is 51.4 Å². The molecular weight excluding hydrogens is 440 g/mol. The fourth-order valence-electron chi connectivity index (χ4n) is 4.98. The maximum absolute atomic E-state index is 12.0. The van der Waals surface area contributed by atoms with Crippen LogP contribution < -0.4 is 0 Å². The van der Waals surface area contributed by atoms with Crippen molar-refractivity contribution in [2.75, 3.05) is 6.61 Å². The van der Waals surface area contributed by atoms with Gasteiger partial charge in [0.15, 0.2) is 0 Å². The highest BCUT2D eigenvalue weighted by Crippen LogP contribution is 2.19. The number of hydrogen-bond donors (Lipinski definition) is 0. The van der Waals surface area contributed by atoms with Crippen molar-refractivity contribution in [2.45, 2.75) is 194 Å². The summed E-state index contributed by atoms with van der Waals surface area (Å²) in [4.78, 5) is 12.0. The summed E-state index contributed by atoms with van der Waals surface area (Å²) in [6, 6.07) is 0. The van der Waals surface area contributed by atoms with Crippen molar-refractivity contribution in [3.8, 4) is 0 Å². The number of carbonyl (C=O) groups is 1. The Morgan fingerprint density at radius 2 is 0.861 bits per heavy atom. The highest BCUT2D eigenvalue weighted by molar-refractivity contribution is 5.69. The van der Waals surface area contributed by atoms with Crippen molar-refractivity contribution in [3.05, 3.63) is 11.6 Å². The number of allylic oxidation sites excluding steroid dienone is 2. The van der Waals surface area contributed by atoms with Crippen molar-refractivity contribution in [1.29, 1.82) is 0 Å². The molecule has 0 amide bonds. The molecule has 36 heavy (non-hydrogen) atoms. The summed E-state index contributed by atoms with van der Waals surface area (Å²) >= 11 is 0. The van der Waals surface area contributed by atoms with Gasteiger partial charge in [-0.25, -0.2) is 0 Å². The van der Waals surface area contributed by atoms with E-state index in [1.165, 1.54) is 141 Å². The lowest BCUT2D eigenvalue weighted by molar-refractivity contribution is -0.143. The van der Waals surface area contributed by atoms with E-state index in [2.05, 4.69) is 26.8 Å². The first kappa shape index (κ1) is 35.2. The molecule has 214 valence electrons. The van der Waals surface area contributed by atoms with Crippen molar-refractivity contribution in [3.63, 3.8) is 0 Å². The molecule has 0 aliphatic heterocycles. The molecule has 2 heteroatoms. The van der Waals surface area contributed by atoms with Gasteiger partial charge in [-0.2, -0.15) is 0 Å². The van der Waals surface area contributed by atoms with E-state index >= 15 is 0 Å². The molecule has 0 aliphatic carbocycles. The Kier molecular flexibility index (Phi) is 29.8. The van der Waals surface area contributed by atoms with Crippen molar-refractivity contribution < 1.29 is 9.53 Å². The number of hydrogen-bond acceptors (Lipinski definition) is 2. The zero-order valence-corrected chi connectivity index (χ0v) is 25.2. The summed E-state index contributed by atoms with van der Waals surface area (Å²) in [5, 5.41) is 0. The second-order valence-electron chi connectivity index (χ2n) is 11.2. The van der Waals surface area contributed by atoms with Crippen LogP contribution in [0.2, 0.25) is 0 Å². The molecule has 2 nitrogen and oxygen atoms in total. The molecule has 0 aliphatic rings. The summed E-state index contributed by atoms with van der Waals surface area (Å²) in [7, 11) is 0. The average molecular weight is 507 g/mol. The molecule has 0 bridgehead atoms. The number of ether oxygens (including phenoxy) is 1. The third-order valence-corrected chi connectivity index (χ3v) is 7.48. The topological polar surface area (TPSA) is 26.3 Å². The summed E-state index contributed by atoms with van der Waals surface area (Å²) < 4.78 is 5.47. The molecular formula is C34H66O2. The molecule has 0 aromatic heterocycles. The molecule has 0 unspecified atom stereocenters. The molecule has 0 saturated heterocycles. The molecule has 0 saturated carbocycles. The van der Waals surface area contributed by atoms with Crippen LogP contribution in [0.5, 0.6) is 0 Å². The van der Waals surface area contributed by atoms with E-state index in [1.54, 1.807) is 5.57 Å². The molecule has 0 fully saturated rings. The Bertz CT molecular complexity index is 454. The maximum Gasteiger partial charge on any atom is 0.305 e. The molecule has 0 heterocycles. The van der Waals surface area contributed by atoms with Gasteiger partial charge in [0.25, 0.3) is 0 Å². The SMILES string of the molecule is CCCCCCCCCCCCCCCOC(=O)CCCCC=C(CCCCCC)CCCCCC. The minimum Gasteiger partial charge on any atom is -0.466 e. The molecule has 0 spiro atoms. The van der Waals surface area contributed by atoms with E-state index in [0.29, 0.717) is 13.0 Å². The van der Waals surface area contributed by atoms with E-state index in [1.807, 2.05) is 0 Å². The zero-order valence-electron chi connectivity index (χ0n) is 25.2. The van der Waals surface area contributed by atoms with Crippen LogP contribution in [0.25, 0.3) is 0 Å². The van der Waals surface area contributed by atoms with Crippen LogP contribution >= 0.6 is 0 Å². The smallest absolute Gasteiger partial charge is 0.305 e.